The van der Waals surface area contributed by atoms with Gasteiger partial charge in [-0.2, -0.15) is 10.6 Å². The highest BCUT2D eigenvalue weighted by Gasteiger charge is 2.19. The van der Waals surface area contributed by atoms with Gasteiger partial charge in [-0.1, -0.05) is 48.0 Å². The molecule has 1 atom stereocenters. The molecule has 0 saturated carbocycles. The summed E-state index contributed by atoms with van der Waals surface area (Å²) in [6, 6.07) is 14.4. The molecule has 5 heteroatoms. The highest BCUT2D eigenvalue weighted by atomic mass is 35.5. The number of hydrogen-bond acceptors (Lipinski definition) is 3. The molecule has 0 aromatic heterocycles. The molecule has 0 bridgehead atoms. The fourth-order valence-electron chi connectivity index (χ4n) is 1.74. The van der Waals surface area contributed by atoms with Gasteiger partial charge in [0.1, 0.15) is 0 Å². The Balaban J connectivity index is 2.26. The van der Waals surface area contributed by atoms with Crippen molar-refractivity contribution in [1.29, 1.82) is 0 Å². The van der Waals surface area contributed by atoms with E-state index in [2.05, 4.69) is 0 Å². The molecule has 0 aliphatic carbocycles. The first-order valence-corrected chi connectivity index (χ1v) is 8.03. The molecular weight excluding hydrogens is 284 g/mol. The molecular formula is C14H15ClO3S. The first kappa shape index (κ1) is 14.4. The maximum Gasteiger partial charge on any atom is 0.168 e. The minimum absolute atomic E-state index is 0.486. The molecule has 3 N–H and O–H groups in total. The van der Waals surface area contributed by atoms with Crippen molar-refractivity contribution in [2.75, 3.05) is 6.26 Å². The van der Waals surface area contributed by atoms with Gasteiger partial charge in [-0.15, -0.1) is 0 Å². The molecule has 0 fully saturated rings. The number of benzene rings is 2. The third-order valence-electron chi connectivity index (χ3n) is 2.80. The first-order valence-electron chi connectivity index (χ1n) is 5.64. The van der Waals surface area contributed by atoms with Gasteiger partial charge in [0.15, 0.2) is 5.44 Å². The van der Waals surface area contributed by atoms with Crippen molar-refractivity contribution in [1.82, 2.24) is 0 Å². The van der Waals surface area contributed by atoms with Gasteiger partial charge in [0.2, 0.25) is 0 Å². The Hall–Kier alpha value is -1.04. The van der Waals surface area contributed by atoms with Gasteiger partial charge in [0, 0.05) is 11.3 Å². The molecule has 0 aliphatic heterocycles. The molecule has 0 aliphatic rings. The van der Waals surface area contributed by atoms with Crippen molar-refractivity contribution in [3.05, 3.63) is 59.1 Å². The minimum Gasteiger partial charge on any atom is -0.370 e. The predicted molar refractivity (Wildman–Crippen MR) is 80.6 cm³/mol. The minimum atomic E-state index is -3.00. The fourth-order valence-corrected chi connectivity index (χ4v) is 2.54. The summed E-state index contributed by atoms with van der Waals surface area (Å²) < 4.78 is 18.9. The number of aliphatic hydroxyl groups is 1. The van der Waals surface area contributed by atoms with Gasteiger partial charge in [-0.3, -0.25) is 9.11 Å². The van der Waals surface area contributed by atoms with E-state index in [9.17, 15) is 14.2 Å². The third kappa shape index (κ3) is 3.49. The Bertz CT molecular complexity index is 546. The van der Waals surface area contributed by atoms with Crippen molar-refractivity contribution >= 4 is 22.2 Å². The van der Waals surface area contributed by atoms with E-state index in [1.54, 1.807) is 12.1 Å². The van der Waals surface area contributed by atoms with E-state index < -0.39 is 16.0 Å². The summed E-state index contributed by atoms with van der Waals surface area (Å²) in [6.45, 7) is 0. The van der Waals surface area contributed by atoms with Crippen LogP contribution in [0.5, 0.6) is 0 Å². The highest BCUT2D eigenvalue weighted by molar-refractivity contribution is 8.23. The van der Waals surface area contributed by atoms with Crippen LogP contribution < -0.4 is 0 Å². The largest absolute Gasteiger partial charge is 0.370 e. The summed E-state index contributed by atoms with van der Waals surface area (Å²) >= 11 is 5.83. The molecule has 0 heterocycles. The Morgan fingerprint density at radius 2 is 1.32 bits per heavy atom. The van der Waals surface area contributed by atoms with Crippen LogP contribution in [0.4, 0.5) is 0 Å². The van der Waals surface area contributed by atoms with Gasteiger partial charge < -0.3 is 5.11 Å². The SMILES string of the molecule is CS(O)(O)C(O)c1ccc(-c2ccc(Cl)cc2)cc1. The summed E-state index contributed by atoms with van der Waals surface area (Å²) in [5, 5.41) is 10.5. The van der Waals surface area contributed by atoms with Crippen molar-refractivity contribution in [2.24, 2.45) is 0 Å². The lowest BCUT2D eigenvalue weighted by atomic mass is 10.0. The highest BCUT2D eigenvalue weighted by Crippen LogP contribution is 2.48. The zero-order chi connectivity index (χ0) is 14.0. The van der Waals surface area contributed by atoms with Crippen LogP contribution in [-0.2, 0) is 0 Å². The number of hydrogen-bond donors (Lipinski definition) is 3. The van der Waals surface area contributed by atoms with Crippen LogP contribution in [0.15, 0.2) is 48.5 Å². The molecule has 102 valence electrons. The van der Waals surface area contributed by atoms with E-state index in [0.29, 0.717) is 10.6 Å². The third-order valence-corrected chi connectivity index (χ3v) is 4.17. The van der Waals surface area contributed by atoms with Crippen LogP contribution in [-0.4, -0.2) is 20.5 Å². The average Bonchev–Trinajstić information content (AvgIpc) is 2.38. The van der Waals surface area contributed by atoms with Crippen LogP contribution in [0.2, 0.25) is 5.02 Å². The lowest BCUT2D eigenvalue weighted by Crippen LogP contribution is -2.07. The van der Waals surface area contributed by atoms with Gasteiger partial charge in [-0.05, 0) is 28.8 Å². The van der Waals surface area contributed by atoms with Gasteiger partial charge in [0.25, 0.3) is 0 Å². The molecule has 3 nitrogen and oxygen atoms in total. The lowest BCUT2D eigenvalue weighted by Gasteiger charge is -2.32. The van der Waals surface area contributed by atoms with Crippen LogP contribution in [0, 0.1) is 0 Å². The molecule has 1 unspecified atom stereocenters. The number of aliphatic hydroxyl groups excluding tert-OH is 1. The fraction of sp³-hybridized carbons (Fsp3) is 0.143. The first-order chi connectivity index (χ1) is 8.88. The van der Waals surface area contributed by atoms with Gasteiger partial charge >= 0.3 is 0 Å². The van der Waals surface area contributed by atoms with E-state index in [4.69, 9.17) is 11.6 Å². The van der Waals surface area contributed by atoms with E-state index in [1.807, 2.05) is 36.4 Å². The molecule has 0 spiro atoms. The van der Waals surface area contributed by atoms with Gasteiger partial charge in [-0.25, -0.2) is 0 Å². The molecule has 0 saturated heterocycles. The summed E-state index contributed by atoms with van der Waals surface area (Å²) in [5.74, 6) is 0. The van der Waals surface area contributed by atoms with Crippen molar-refractivity contribution in [2.45, 2.75) is 5.44 Å². The second-order valence-electron chi connectivity index (χ2n) is 4.37. The predicted octanol–water partition coefficient (Wildman–Crippen LogP) is 4.38. The van der Waals surface area contributed by atoms with Crippen molar-refractivity contribution < 1.29 is 14.2 Å². The second-order valence-corrected chi connectivity index (χ2v) is 7.04. The monoisotopic (exact) mass is 298 g/mol. The van der Waals surface area contributed by atoms with E-state index in [-0.39, 0.29) is 0 Å². The summed E-state index contributed by atoms with van der Waals surface area (Å²) in [5.41, 5.74) is 1.21. The maximum atomic E-state index is 9.77. The Morgan fingerprint density at radius 1 is 0.895 bits per heavy atom. The Labute approximate surface area is 118 Å². The molecule has 2 rings (SSSR count). The summed E-state index contributed by atoms with van der Waals surface area (Å²) in [6.07, 6.45) is 1.23. The second kappa shape index (κ2) is 5.53. The number of halogens is 1. The lowest BCUT2D eigenvalue weighted by molar-refractivity contribution is 0.238. The van der Waals surface area contributed by atoms with E-state index in [0.717, 1.165) is 11.1 Å². The van der Waals surface area contributed by atoms with Gasteiger partial charge in [0.05, 0.1) is 0 Å². The molecule has 2 aromatic rings. The number of rotatable bonds is 3. The summed E-state index contributed by atoms with van der Waals surface area (Å²) in [7, 11) is -3.00. The smallest absolute Gasteiger partial charge is 0.168 e. The Kier molecular flexibility index (Phi) is 4.18. The van der Waals surface area contributed by atoms with Crippen molar-refractivity contribution in [3.63, 3.8) is 0 Å². The quantitative estimate of drug-likeness (QED) is 0.788. The molecule has 19 heavy (non-hydrogen) atoms. The molecule has 2 aromatic carbocycles. The zero-order valence-electron chi connectivity index (χ0n) is 10.3. The molecule has 0 amide bonds. The van der Waals surface area contributed by atoms with E-state index >= 15 is 0 Å². The molecule has 0 radical (unpaired) electrons. The Morgan fingerprint density at radius 3 is 1.74 bits per heavy atom. The normalized spacial score (nSPS) is 14.2. The van der Waals surface area contributed by atoms with Crippen molar-refractivity contribution in [3.8, 4) is 11.1 Å². The van der Waals surface area contributed by atoms with E-state index in [1.165, 1.54) is 6.26 Å². The standard InChI is InChI=1S/C14H15ClO3S/c1-19(17,18)14(16)12-4-2-10(3-5-12)11-6-8-13(15)9-7-11/h2-9,14,16-18H,1H3. The van der Waals surface area contributed by atoms with Crippen LogP contribution in [0.3, 0.4) is 0 Å². The van der Waals surface area contributed by atoms with Crippen LogP contribution in [0.1, 0.15) is 11.0 Å². The average molecular weight is 299 g/mol. The topological polar surface area (TPSA) is 60.7 Å². The van der Waals surface area contributed by atoms with Crippen LogP contribution in [0.25, 0.3) is 11.1 Å². The summed E-state index contributed by atoms with van der Waals surface area (Å²) in [4.78, 5) is 0. The zero-order valence-corrected chi connectivity index (χ0v) is 11.9. The maximum absolute atomic E-state index is 9.77. The van der Waals surface area contributed by atoms with Crippen LogP contribution >= 0.6 is 22.2 Å².